The second-order valence-electron chi connectivity index (χ2n) is 8.58. The molecule has 1 atom stereocenters. The number of nitrogens with one attached hydrogen (secondary N) is 2. The Balaban J connectivity index is 1.49. The molecule has 0 aromatic heterocycles. The zero-order valence-electron chi connectivity index (χ0n) is 18.6. The van der Waals surface area contributed by atoms with Crippen LogP contribution < -0.4 is 16.4 Å². The summed E-state index contributed by atoms with van der Waals surface area (Å²) in [6.45, 7) is 8.42. The van der Waals surface area contributed by atoms with Crippen LogP contribution in [0.5, 0.6) is 0 Å². The van der Waals surface area contributed by atoms with E-state index in [9.17, 15) is 4.79 Å². The van der Waals surface area contributed by atoms with E-state index in [1.54, 1.807) is 0 Å². The number of fused-ring (bicyclic) bond motifs is 1. The number of benzene rings is 1. The number of ether oxygens (including phenoxy) is 1. The lowest BCUT2D eigenvalue weighted by Crippen LogP contribution is -2.61. The number of hydrogen-bond acceptors (Lipinski definition) is 7. The van der Waals surface area contributed by atoms with Crippen molar-refractivity contribution in [2.24, 2.45) is 10.7 Å². The molecule has 1 amide bonds. The molecule has 4 rings (SSSR count). The van der Waals surface area contributed by atoms with Crippen LogP contribution in [0.1, 0.15) is 50.7 Å². The Morgan fingerprint density at radius 3 is 2.61 bits per heavy atom. The fourth-order valence-electron chi connectivity index (χ4n) is 4.48. The molecule has 0 aliphatic carbocycles. The number of piperazine rings is 1. The third-order valence-electron chi connectivity index (χ3n) is 6.19. The summed E-state index contributed by atoms with van der Waals surface area (Å²) in [6.07, 6.45) is 4.16. The molecular weight excluding hydrogens is 392 g/mol. The molecule has 3 heterocycles. The first-order valence-electron chi connectivity index (χ1n) is 11.4. The molecule has 168 valence electrons. The zero-order chi connectivity index (χ0) is 21.8. The van der Waals surface area contributed by atoms with Gasteiger partial charge >= 0.3 is 0 Å². The van der Waals surface area contributed by atoms with Gasteiger partial charge in [-0.3, -0.25) is 14.6 Å². The number of nitrogens with two attached hydrogens (primary N) is 1. The van der Waals surface area contributed by atoms with Crippen molar-refractivity contribution in [1.82, 2.24) is 20.4 Å². The second kappa shape index (κ2) is 9.70. The summed E-state index contributed by atoms with van der Waals surface area (Å²) in [5, 5.41) is 6.23. The van der Waals surface area contributed by atoms with Gasteiger partial charge in [-0.15, -0.1) is 0 Å². The molecule has 2 fully saturated rings. The lowest BCUT2D eigenvalue weighted by Gasteiger charge is -2.40. The summed E-state index contributed by atoms with van der Waals surface area (Å²) in [6, 6.07) is 9.07. The van der Waals surface area contributed by atoms with E-state index in [2.05, 4.69) is 63.5 Å². The zero-order valence-corrected chi connectivity index (χ0v) is 18.6. The SMILES string of the molecule is CCC(CC)OC1=NC(N)=C2NC(=O)CN(Cc3cccc(CN4CCCC4)c3)C2N1. The molecule has 2 saturated heterocycles. The van der Waals surface area contributed by atoms with E-state index in [1.807, 2.05) is 0 Å². The summed E-state index contributed by atoms with van der Waals surface area (Å²) in [5.41, 5.74) is 9.28. The molecule has 4 N–H and O–H groups in total. The van der Waals surface area contributed by atoms with Gasteiger partial charge in [-0.05, 0) is 49.9 Å². The highest BCUT2D eigenvalue weighted by Gasteiger charge is 2.36. The summed E-state index contributed by atoms with van der Waals surface area (Å²) >= 11 is 0. The van der Waals surface area contributed by atoms with Gasteiger partial charge in [-0.25, -0.2) is 0 Å². The number of nitrogens with zero attached hydrogens (tertiary/aromatic N) is 3. The number of carbonyl (C=O) groups excluding carboxylic acids is 1. The highest BCUT2D eigenvalue weighted by atomic mass is 16.5. The van der Waals surface area contributed by atoms with Crippen LogP contribution in [0.25, 0.3) is 0 Å². The van der Waals surface area contributed by atoms with E-state index in [0.29, 0.717) is 24.1 Å². The average Bonchev–Trinajstić information content (AvgIpc) is 3.26. The Bertz CT molecular complexity index is 857. The van der Waals surface area contributed by atoms with Gasteiger partial charge in [0.05, 0.1) is 12.2 Å². The van der Waals surface area contributed by atoms with Crippen LogP contribution >= 0.6 is 0 Å². The lowest BCUT2D eigenvalue weighted by atomic mass is 10.1. The van der Waals surface area contributed by atoms with Crippen LogP contribution in [0.15, 0.2) is 40.8 Å². The minimum atomic E-state index is -0.276. The highest BCUT2D eigenvalue weighted by molar-refractivity contribution is 5.84. The fraction of sp³-hybridized carbons (Fsp3) is 0.565. The number of amides is 1. The molecule has 0 saturated carbocycles. The maximum Gasteiger partial charge on any atom is 0.293 e. The first-order valence-corrected chi connectivity index (χ1v) is 11.4. The van der Waals surface area contributed by atoms with Gasteiger partial charge in [0.25, 0.3) is 6.02 Å². The Kier molecular flexibility index (Phi) is 6.77. The fourth-order valence-corrected chi connectivity index (χ4v) is 4.48. The number of amidine groups is 1. The molecular formula is C23H34N6O2. The largest absolute Gasteiger partial charge is 0.462 e. The first kappa shape index (κ1) is 21.6. The summed E-state index contributed by atoms with van der Waals surface area (Å²) in [4.78, 5) is 21.3. The standard InChI is InChI=1S/C23H34N6O2/c1-3-18(4-2)31-23-26-21(24)20-22(27-23)29(15-19(30)25-20)14-17-9-7-8-16(12-17)13-28-10-5-6-11-28/h7-9,12,18,22H,3-6,10-11,13-15,24H2,1-2H3,(H,25,30)(H,26,27). The summed E-state index contributed by atoms with van der Waals surface area (Å²) in [7, 11) is 0. The maximum absolute atomic E-state index is 12.4. The number of rotatable bonds is 7. The average molecular weight is 427 g/mol. The van der Waals surface area contributed by atoms with Gasteiger partial charge in [0, 0.05) is 13.1 Å². The Morgan fingerprint density at radius 2 is 1.90 bits per heavy atom. The molecule has 8 nitrogen and oxygen atoms in total. The summed E-state index contributed by atoms with van der Waals surface area (Å²) in [5.74, 6) is 0.217. The third kappa shape index (κ3) is 5.19. The quantitative estimate of drug-likeness (QED) is 0.616. The molecule has 1 aromatic carbocycles. The number of hydrogen-bond donors (Lipinski definition) is 3. The van der Waals surface area contributed by atoms with Crippen molar-refractivity contribution in [3.05, 3.63) is 46.9 Å². The van der Waals surface area contributed by atoms with Crippen molar-refractivity contribution in [1.29, 1.82) is 0 Å². The molecule has 0 bridgehead atoms. The van der Waals surface area contributed by atoms with E-state index in [0.717, 1.165) is 19.4 Å². The molecule has 0 spiro atoms. The van der Waals surface area contributed by atoms with E-state index in [-0.39, 0.29) is 24.7 Å². The Labute approximate surface area is 184 Å². The Morgan fingerprint density at radius 1 is 1.19 bits per heavy atom. The maximum atomic E-state index is 12.4. The van der Waals surface area contributed by atoms with Crippen molar-refractivity contribution < 1.29 is 9.53 Å². The minimum absolute atomic E-state index is 0.0782. The van der Waals surface area contributed by atoms with E-state index in [4.69, 9.17) is 10.5 Å². The van der Waals surface area contributed by atoms with Gasteiger partial charge in [0.1, 0.15) is 12.3 Å². The molecule has 8 heteroatoms. The second-order valence-corrected chi connectivity index (χ2v) is 8.58. The topological polar surface area (TPSA) is 95.2 Å². The van der Waals surface area contributed by atoms with Crippen molar-refractivity contribution in [3.63, 3.8) is 0 Å². The van der Waals surface area contributed by atoms with Crippen LogP contribution in [-0.2, 0) is 22.6 Å². The van der Waals surface area contributed by atoms with Crippen molar-refractivity contribution in [2.75, 3.05) is 19.6 Å². The van der Waals surface area contributed by atoms with E-state index >= 15 is 0 Å². The number of likely N-dealkylation sites (tertiary alicyclic amines) is 1. The molecule has 1 aromatic rings. The van der Waals surface area contributed by atoms with Crippen LogP contribution in [-0.4, -0.2) is 53.6 Å². The van der Waals surface area contributed by atoms with Crippen LogP contribution in [0.3, 0.4) is 0 Å². The number of aliphatic imine (C=N–C) groups is 1. The van der Waals surface area contributed by atoms with E-state index in [1.165, 1.54) is 37.1 Å². The molecule has 3 aliphatic rings. The van der Waals surface area contributed by atoms with E-state index < -0.39 is 0 Å². The number of carbonyl (C=O) groups is 1. The predicted molar refractivity (Wildman–Crippen MR) is 121 cm³/mol. The van der Waals surface area contributed by atoms with Gasteiger partial charge < -0.3 is 21.1 Å². The predicted octanol–water partition coefficient (Wildman–Crippen LogP) is 1.83. The molecule has 1 unspecified atom stereocenters. The van der Waals surface area contributed by atoms with Gasteiger partial charge in [0.2, 0.25) is 5.91 Å². The monoisotopic (exact) mass is 426 g/mol. The van der Waals surface area contributed by atoms with Gasteiger partial charge in [0.15, 0.2) is 5.82 Å². The third-order valence-corrected chi connectivity index (χ3v) is 6.19. The minimum Gasteiger partial charge on any atom is -0.462 e. The highest BCUT2D eigenvalue weighted by Crippen LogP contribution is 2.22. The van der Waals surface area contributed by atoms with Crippen molar-refractivity contribution >= 4 is 11.9 Å². The van der Waals surface area contributed by atoms with Crippen molar-refractivity contribution in [2.45, 2.75) is 64.9 Å². The summed E-state index contributed by atoms with van der Waals surface area (Å²) < 4.78 is 6.01. The smallest absolute Gasteiger partial charge is 0.293 e. The van der Waals surface area contributed by atoms with Gasteiger partial charge in [-0.1, -0.05) is 38.1 Å². The van der Waals surface area contributed by atoms with Crippen LogP contribution in [0.2, 0.25) is 0 Å². The molecule has 31 heavy (non-hydrogen) atoms. The van der Waals surface area contributed by atoms with Crippen LogP contribution in [0.4, 0.5) is 0 Å². The van der Waals surface area contributed by atoms with Crippen molar-refractivity contribution in [3.8, 4) is 0 Å². The molecule has 0 radical (unpaired) electrons. The molecule has 3 aliphatic heterocycles. The van der Waals surface area contributed by atoms with Crippen LogP contribution in [0, 0.1) is 0 Å². The normalized spacial score (nSPS) is 22.2. The van der Waals surface area contributed by atoms with Gasteiger partial charge in [-0.2, -0.15) is 4.99 Å². The lowest BCUT2D eigenvalue weighted by molar-refractivity contribution is -0.124. The Hall–Kier alpha value is -2.58. The first-order chi connectivity index (χ1) is 15.1.